The summed E-state index contributed by atoms with van der Waals surface area (Å²) >= 11 is 1.66. The van der Waals surface area contributed by atoms with Crippen molar-refractivity contribution in [2.24, 2.45) is 0 Å². The Balaban J connectivity index is 1.89. The van der Waals surface area contributed by atoms with Gasteiger partial charge in [-0.1, -0.05) is 48.4 Å². The summed E-state index contributed by atoms with van der Waals surface area (Å²) in [6.45, 7) is 8.33. The molecule has 0 aliphatic rings. The molecule has 0 unspecified atom stereocenters. The number of ether oxygens (including phenoxy) is 1. The number of thioether (sulfide) groups is 1. The zero-order valence-corrected chi connectivity index (χ0v) is 17.2. The van der Waals surface area contributed by atoms with Gasteiger partial charge in [0, 0.05) is 5.75 Å². The van der Waals surface area contributed by atoms with Gasteiger partial charge in [0.25, 0.3) is 0 Å². The maximum absolute atomic E-state index is 12.4. The maximum atomic E-state index is 12.4. The van der Waals surface area contributed by atoms with Crippen LogP contribution < -0.4 is 10.1 Å². The van der Waals surface area contributed by atoms with Crippen LogP contribution in [0.4, 0.5) is 0 Å². The van der Waals surface area contributed by atoms with E-state index in [1.165, 1.54) is 16.7 Å². The van der Waals surface area contributed by atoms with E-state index in [-0.39, 0.29) is 11.9 Å². The molecule has 0 aliphatic carbocycles. The van der Waals surface area contributed by atoms with Gasteiger partial charge in [-0.3, -0.25) is 4.79 Å². The van der Waals surface area contributed by atoms with E-state index in [4.69, 9.17) is 4.74 Å². The Morgan fingerprint density at radius 3 is 2.38 bits per heavy atom. The molecule has 0 spiro atoms. The van der Waals surface area contributed by atoms with Crippen LogP contribution in [0, 0.1) is 20.8 Å². The molecule has 0 aliphatic heterocycles. The van der Waals surface area contributed by atoms with Gasteiger partial charge in [-0.2, -0.15) is 0 Å². The van der Waals surface area contributed by atoms with Crippen molar-refractivity contribution in [3.8, 4) is 5.75 Å². The van der Waals surface area contributed by atoms with Gasteiger partial charge < -0.3 is 10.1 Å². The molecule has 2 aromatic carbocycles. The molecular formula is C22H29NO2S. The van der Waals surface area contributed by atoms with Crippen LogP contribution in [0.25, 0.3) is 0 Å². The summed E-state index contributed by atoms with van der Waals surface area (Å²) in [4.78, 5) is 12.4. The third-order valence-corrected chi connectivity index (χ3v) is 5.35. The molecule has 0 aromatic heterocycles. The summed E-state index contributed by atoms with van der Waals surface area (Å²) in [6.07, 6.45) is 0.860. The molecule has 0 bridgehead atoms. The largest absolute Gasteiger partial charge is 0.496 e. The lowest BCUT2D eigenvalue weighted by molar-refractivity contribution is -0.119. The highest BCUT2D eigenvalue weighted by molar-refractivity contribution is 7.99. The van der Waals surface area contributed by atoms with E-state index in [9.17, 15) is 4.79 Å². The van der Waals surface area contributed by atoms with Gasteiger partial charge in [-0.05, 0) is 49.9 Å². The van der Waals surface area contributed by atoms with Crippen molar-refractivity contribution < 1.29 is 9.53 Å². The van der Waals surface area contributed by atoms with E-state index in [0.717, 1.165) is 29.1 Å². The van der Waals surface area contributed by atoms with Gasteiger partial charge in [0.2, 0.25) is 5.91 Å². The van der Waals surface area contributed by atoms with Gasteiger partial charge in [0.15, 0.2) is 0 Å². The van der Waals surface area contributed by atoms with Crippen LogP contribution in [0.5, 0.6) is 5.75 Å². The van der Waals surface area contributed by atoms with Crippen LogP contribution >= 0.6 is 11.8 Å². The van der Waals surface area contributed by atoms with Crippen LogP contribution in [0.1, 0.15) is 47.2 Å². The van der Waals surface area contributed by atoms with Crippen LogP contribution in [0.15, 0.2) is 36.4 Å². The minimum atomic E-state index is 0.0360. The average Bonchev–Trinajstić information content (AvgIpc) is 2.58. The summed E-state index contributed by atoms with van der Waals surface area (Å²) in [5.41, 5.74) is 6.02. The lowest BCUT2D eigenvalue weighted by atomic mass is 10.0. The molecule has 4 heteroatoms. The number of benzene rings is 2. The van der Waals surface area contributed by atoms with Crippen molar-refractivity contribution in [1.82, 2.24) is 5.32 Å². The third-order valence-electron chi connectivity index (χ3n) is 4.35. The standard InChI is InChI=1S/C22H29NO2S/c1-6-20(19-7-8-21(25-5)17(4)12-19)23-22(24)14-26-13-18-10-15(2)9-16(3)11-18/h7-12,20H,6,13-14H2,1-5H3,(H,23,24)/t20-/m1/s1. The van der Waals surface area contributed by atoms with E-state index < -0.39 is 0 Å². The third kappa shape index (κ3) is 5.80. The second kappa shape index (κ2) is 9.67. The minimum absolute atomic E-state index is 0.0360. The van der Waals surface area contributed by atoms with Crippen LogP contribution in [-0.4, -0.2) is 18.8 Å². The number of hydrogen-bond donors (Lipinski definition) is 1. The van der Waals surface area contributed by atoms with E-state index in [2.05, 4.69) is 50.4 Å². The Hall–Kier alpha value is -1.94. The van der Waals surface area contributed by atoms with Gasteiger partial charge in [-0.15, -0.1) is 11.8 Å². The SMILES string of the molecule is CC[C@@H](NC(=O)CSCc1cc(C)cc(C)c1)c1ccc(OC)c(C)c1. The molecule has 2 aromatic rings. The number of carbonyl (C=O) groups excluding carboxylic acids is 1. The fourth-order valence-corrected chi connectivity index (χ4v) is 3.96. The van der Waals surface area contributed by atoms with E-state index in [1.54, 1.807) is 18.9 Å². The van der Waals surface area contributed by atoms with Crippen molar-refractivity contribution in [3.63, 3.8) is 0 Å². The number of methoxy groups -OCH3 is 1. The first kappa shape index (κ1) is 20.4. The summed E-state index contributed by atoms with van der Waals surface area (Å²) in [5, 5.41) is 3.16. The second-order valence-electron chi connectivity index (χ2n) is 6.75. The second-order valence-corrected chi connectivity index (χ2v) is 7.73. The monoisotopic (exact) mass is 371 g/mol. The molecule has 0 radical (unpaired) electrons. The zero-order chi connectivity index (χ0) is 19.1. The number of amides is 1. The van der Waals surface area contributed by atoms with Gasteiger partial charge in [0.05, 0.1) is 18.9 Å². The first-order chi connectivity index (χ1) is 12.4. The summed E-state index contributed by atoms with van der Waals surface area (Å²) in [5.74, 6) is 2.28. The molecule has 0 saturated heterocycles. The average molecular weight is 372 g/mol. The van der Waals surface area contributed by atoms with Gasteiger partial charge >= 0.3 is 0 Å². The molecule has 0 fully saturated rings. The topological polar surface area (TPSA) is 38.3 Å². The first-order valence-electron chi connectivity index (χ1n) is 9.01. The van der Waals surface area contributed by atoms with Crippen molar-refractivity contribution in [3.05, 3.63) is 64.2 Å². The van der Waals surface area contributed by atoms with Crippen molar-refractivity contribution in [2.45, 2.75) is 45.9 Å². The number of carbonyl (C=O) groups is 1. The highest BCUT2D eigenvalue weighted by Gasteiger charge is 2.14. The number of hydrogen-bond acceptors (Lipinski definition) is 3. The molecule has 0 saturated carbocycles. The van der Waals surface area contributed by atoms with E-state index in [0.29, 0.717) is 5.75 Å². The number of aryl methyl sites for hydroxylation is 3. The molecule has 1 atom stereocenters. The zero-order valence-electron chi connectivity index (χ0n) is 16.4. The summed E-state index contributed by atoms with van der Waals surface area (Å²) in [7, 11) is 1.67. The lowest BCUT2D eigenvalue weighted by Crippen LogP contribution is -2.29. The predicted molar refractivity (Wildman–Crippen MR) is 111 cm³/mol. The Bertz CT molecular complexity index is 738. The molecule has 140 valence electrons. The first-order valence-corrected chi connectivity index (χ1v) is 10.2. The summed E-state index contributed by atoms with van der Waals surface area (Å²) in [6, 6.07) is 12.7. The fraction of sp³-hybridized carbons (Fsp3) is 0.409. The van der Waals surface area contributed by atoms with Gasteiger partial charge in [-0.25, -0.2) is 0 Å². The molecular weight excluding hydrogens is 342 g/mol. The van der Waals surface area contributed by atoms with Crippen molar-refractivity contribution >= 4 is 17.7 Å². The molecule has 2 rings (SSSR count). The number of nitrogens with one attached hydrogen (secondary N) is 1. The van der Waals surface area contributed by atoms with E-state index >= 15 is 0 Å². The number of rotatable bonds is 8. The lowest BCUT2D eigenvalue weighted by Gasteiger charge is -2.19. The predicted octanol–water partition coefficient (Wildman–Crippen LogP) is 5.12. The molecule has 1 N–H and O–H groups in total. The van der Waals surface area contributed by atoms with Crippen molar-refractivity contribution in [1.29, 1.82) is 0 Å². The summed E-state index contributed by atoms with van der Waals surface area (Å²) < 4.78 is 5.32. The van der Waals surface area contributed by atoms with Crippen LogP contribution in [-0.2, 0) is 10.5 Å². The maximum Gasteiger partial charge on any atom is 0.230 e. The van der Waals surface area contributed by atoms with E-state index in [1.807, 2.05) is 19.1 Å². The highest BCUT2D eigenvalue weighted by Crippen LogP contribution is 2.24. The fourth-order valence-electron chi connectivity index (χ4n) is 3.19. The van der Waals surface area contributed by atoms with Crippen LogP contribution in [0.3, 0.4) is 0 Å². The highest BCUT2D eigenvalue weighted by atomic mass is 32.2. The smallest absolute Gasteiger partial charge is 0.230 e. The Kier molecular flexibility index (Phi) is 7.58. The molecule has 3 nitrogen and oxygen atoms in total. The minimum Gasteiger partial charge on any atom is -0.496 e. The molecule has 1 amide bonds. The normalized spacial score (nSPS) is 11.9. The molecule has 26 heavy (non-hydrogen) atoms. The Morgan fingerprint density at radius 2 is 1.81 bits per heavy atom. The quantitative estimate of drug-likeness (QED) is 0.700. The Morgan fingerprint density at radius 1 is 1.12 bits per heavy atom. The van der Waals surface area contributed by atoms with Crippen LogP contribution in [0.2, 0.25) is 0 Å². The van der Waals surface area contributed by atoms with Gasteiger partial charge in [0.1, 0.15) is 5.75 Å². The molecule has 0 heterocycles. The Labute approximate surface area is 161 Å². The van der Waals surface area contributed by atoms with Crippen molar-refractivity contribution in [2.75, 3.05) is 12.9 Å².